The van der Waals surface area contributed by atoms with Gasteiger partial charge in [-0.1, -0.05) is 37.3 Å². The molecule has 0 aliphatic carbocycles. The number of carbonyl (C=O) groups is 1. The Balaban J connectivity index is 1.77. The third kappa shape index (κ3) is 2.97. The molecule has 0 saturated carbocycles. The van der Waals surface area contributed by atoms with E-state index in [4.69, 9.17) is 10.5 Å². The molecule has 2 saturated heterocycles. The molecule has 4 heteroatoms. The van der Waals surface area contributed by atoms with Gasteiger partial charge < -0.3 is 15.4 Å². The van der Waals surface area contributed by atoms with Crippen molar-refractivity contribution in [3.63, 3.8) is 0 Å². The Hall–Kier alpha value is -1.39. The number of nitrogens with two attached hydrogens (primary N) is 1. The molecule has 1 aromatic rings. The Kier molecular flexibility index (Phi) is 4.27. The van der Waals surface area contributed by atoms with Gasteiger partial charge in [0.05, 0.1) is 12.0 Å². The van der Waals surface area contributed by atoms with Gasteiger partial charge in [0.15, 0.2) is 0 Å². The van der Waals surface area contributed by atoms with E-state index < -0.39 is 0 Å². The summed E-state index contributed by atoms with van der Waals surface area (Å²) >= 11 is 0. The largest absolute Gasteiger partial charge is 0.373 e. The maximum Gasteiger partial charge on any atom is 0.228 e. The molecule has 2 N–H and O–H groups in total. The van der Waals surface area contributed by atoms with Crippen LogP contribution in [0.5, 0.6) is 0 Å². The Bertz CT molecular complexity index is 481. The Morgan fingerprint density at radius 1 is 1.29 bits per heavy atom. The topological polar surface area (TPSA) is 55.6 Å². The van der Waals surface area contributed by atoms with E-state index in [1.807, 2.05) is 23.1 Å². The summed E-state index contributed by atoms with van der Waals surface area (Å²) < 4.78 is 5.93. The maximum atomic E-state index is 12.9. The summed E-state index contributed by atoms with van der Waals surface area (Å²) in [4.78, 5) is 14.8. The first-order valence-electron chi connectivity index (χ1n) is 7.87. The molecule has 2 heterocycles. The highest BCUT2D eigenvalue weighted by molar-refractivity contribution is 5.80. The second kappa shape index (κ2) is 6.16. The van der Waals surface area contributed by atoms with E-state index in [0.717, 1.165) is 31.6 Å². The van der Waals surface area contributed by atoms with Gasteiger partial charge in [-0.2, -0.15) is 0 Å². The molecule has 0 spiro atoms. The van der Waals surface area contributed by atoms with Crippen molar-refractivity contribution in [2.45, 2.75) is 31.9 Å². The SMILES string of the molecule is CC1CN(C(=O)C2CCCOC2c2ccccc2)CC1N. The highest BCUT2D eigenvalue weighted by Gasteiger charge is 2.39. The molecule has 4 atom stereocenters. The molecule has 114 valence electrons. The van der Waals surface area contributed by atoms with Crippen molar-refractivity contribution in [1.29, 1.82) is 0 Å². The molecular formula is C17H24N2O2. The van der Waals surface area contributed by atoms with Crippen LogP contribution >= 0.6 is 0 Å². The number of benzene rings is 1. The van der Waals surface area contributed by atoms with Gasteiger partial charge in [0.25, 0.3) is 0 Å². The van der Waals surface area contributed by atoms with E-state index in [9.17, 15) is 4.79 Å². The first-order chi connectivity index (χ1) is 10.2. The summed E-state index contributed by atoms with van der Waals surface area (Å²) in [5.74, 6) is 0.524. The maximum absolute atomic E-state index is 12.9. The molecule has 4 unspecified atom stereocenters. The zero-order chi connectivity index (χ0) is 14.8. The van der Waals surface area contributed by atoms with Crippen LogP contribution in [0.15, 0.2) is 30.3 Å². The number of likely N-dealkylation sites (tertiary alicyclic amines) is 1. The molecule has 21 heavy (non-hydrogen) atoms. The van der Waals surface area contributed by atoms with E-state index in [1.54, 1.807) is 0 Å². The second-order valence-corrected chi connectivity index (χ2v) is 6.34. The van der Waals surface area contributed by atoms with E-state index in [2.05, 4.69) is 19.1 Å². The molecule has 2 fully saturated rings. The summed E-state index contributed by atoms with van der Waals surface area (Å²) in [6.45, 7) is 4.30. The number of amides is 1. The van der Waals surface area contributed by atoms with E-state index in [-0.39, 0.29) is 24.0 Å². The van der Waals surface area contributed by atoms with Crippen LogP contribution < -0.4 is 5.73 Å². The summed E-state index contributed by atoms with van der Waals surface area (Å²) in [5, 5.41) is 0. The number of rotatable bonds is 2. The quantitative estimate of drug-likeness (QED) is 0.905. The van der Waals surface area contributed by atoms with E-state index in [0.29, 0.717) is 12.5 Å². The minimum absolute atomic E-state index is 0.0707. The molecule has 0 aromatic heterocycles. The van der Waals surface area contributed by atoms with Gasteiger partial charge in [-0.05, 0) is 24.3 Å². The van der Waals surface area contributed by atoms with Gasteiger partial charge in [0, 0.05) is 25.7 Å². The minimum atomic E-state index is -0.111. The normalized spacial score (nSPS) is 33.1. The summed E-state index contributed by atoms with van der Waals surface area (Å²) in [6, 6.07) is 10.2. The van der Waals surface area contributed by atoms with Crippen LogP contribution in [0.25, 0.3) is 0 Å². The van der Waals surface area contributed by atoms with Crippen LogP contribution in [0.3, 0.4) is 0 Å². The van der Waals surface area contributed by atoms with Gasteiger partial charge in [-0.3, -0.25) is 4.79 Å². The predicted molar refractivity (Wildman–Crippen MR) is 81.6 cm³/mol. The van der Waals surface area contributed by atoms with E-state index >= 15 is 0 Å². The molecule has 2 aliphatic heterocycles. The predicted octanol–water partition coefficient (Wildman–Crippen LogP) is 1.96. The van der Waals surface area contributed by atoms with Crippen LogP contribution in [-0.4, -0.2) is 36.5 Å². The van der Waals surface area contributed by atoms with Crippen LogP contribution in [0.2, 0.25) is 0 Å². The van der Waals surface area contributed by atoms with Crippen LogP contribution in [-0.2, 0) is 9.53 Å². The standard InChI is InChI=1S/C17H24N2O2/c1-12-10-19(11-15(12)18)17(20)14-8-5-9-21-16(14)13-6-3-2-4-7-13/h2-4,6-7,12,14-16H,5,8-11,18H2,1H3. The van der Waals surface area contributed by atoms with Gasteiger partial charge in [0.1, 0.15) is 0 Å². The lowest BCUT2D eigenvalue weighted by Crippen LogP contribution is -2.40. The molecular weight excluding hydrogens is 264 g/mol. The van der Waals surface area contributed by atoms with Crippen molar-refractivity contribution < 1.29 is 9.53 Å². The van der Waals surface area contributed by atoms with Gasteiger partial charge >= 0.3 is 0 Å². The lowest BCUT2D eigenvalue weighted by atomic mass is 9.88. The third-order valence-corrected chi connectivity index (χ3v) is 4.75. The van der Waals surface area contributed by atoms with Crippen molar-refractivity contribution in [2.24, 2.45) is 17.6 Å². The Morgan fingerprint density at radius 3 is 2.71 bits per heavy atom. The lowest BCUT2D eigenvalue weighted by molar-refractivity contribution is -0.144. The fraction of sp³-hybridized carbons (Fsp3) is 0.588. The monoisotopic (exact) mass is 288 g/mol. The molecule has 4 nitrogen and oxygen atoms in total. The molecule has 1 amide bonds. The van der Waals surface area contributed by atoms with E-state index in [1.165, 1.54) is 0 Å². The average Bonchev–Trinajstić information content (AvgIpc) is 2.87. The highest BCUT2D eigenvalue weighted by atomic mass is 16.5. The summed E-state index contributed by atoms with van der Waals surface area (Å²) in [5.41, 5.74) is 7.16. The summed E-state index contributed by atoms with van der Waals surface area (Å²) in [7, 11) is 0. The number of hydrogen-bond acceptors (Lipinski definition) is 3. The zero-order valence-corrected chi connectivity index (χ0v) is 12.6. The van der Waals surface area contributed by atoms with Crippen LogP contribution in [0.4, 0.5) is 0 Å². The molecule has 0 radical (unpaired) electrons. The van der Waals surface area contributed by atoms with Crippen molar-refractivity contribution in [3.05, 3.63) is 35.9 Å². The number of ether oxygens (including phenoxy) is 1. The van der Waals surface area contributed by atoms with Crippen LogP contribution in [0, 0.1) is 11.8 Å². The molecule has 1 aromatic carbocycles. The number of nitrogens with zero attached hydrogens (tertiary/aromatic N) is 1. The lowest BCUT2D eigenvalue weighted by Gasteiger charge is -2.33. The molecule has 3 rings (SSSR count). The first-order valence-corrected chi connectivity index (χ1v) is 7.87. The van der Waals surface area contributed by atoms with Crippen molar-refractivity contribution >= 4 is 5.91 Å². The van der Waals surface area contributed by atoms with Gasteiger partial charge in [0.2, 0.25) is 5.91 Å². The van der Waals surface area contributed by atoms with Crippen molar-refractivity contribution in [1.82, 2.24) is 4.90 Å². The Labute approximate surface area is 126 Å². The zero-order valence-electron chi connectivity index (χ0n) is 12.6. The second-order valence-electron chi connectivity index (χ2n) is 6.34. The first kappa shape index (κ1) is 14.5. The number of hydrogen-bond donors (Lipinski definition) is 1. The third-order valence-electron chi connectivity index (χ3n) is 4.75. The average molecular weight is 288 g/mol. The smallest absolute Gasteiger partial charge is 0.228 e. The summed E-state index contributed by atoms with van der Waals surface area (Å²) in [6.07, 6.45) is 1.74. The van der Waals surface area contributed by atoms with Crippen molar-refractivity contribution in [2.75, 3.05) is 19.7 Å². The molecule has 2 aliphatic rings. The fourth-order valence-corrected chi connectivity index (χ4v) is 3.41. The minimum Gasteiger partial charge on any atom is -0.373 e. The van der Waals surface area contributed by atoms with Gasteiger partial charge in [-0.15, -0.1) is 0 Å². The van der Waals surface area contributed by atoms with Gasteiger partial charge in [-0.25, -0.2) is 0 Å². The molecule has 0 bridgehead atoms. The Morgan fingerprint density at radius 2 is 2.05 bits per heavy atom. The van der Waals surface area contributed by atoms with Crippen LogP contribution in [0.1, 0.15) is 31.4 Å². The van der Waals surface area contributed by atoms with Crippen molar-refractivity contribution in [3.8, 4) is 0 Å². The highest BCUT2D eigenvalue weighted by Crippen LogP contribution is 2.35. The number of carbonyl (C=O) groups excluding carboxylic acids is 1. The fourth-order valence-electron chi connectivity index (χ4n) is 3.41.